The Morgan fingerprint density at radius 3 is 2.36 bits per heavy atom. The van der Waals surface area contributed by atoms with Gasteiger partial charge in [0, 0.05) is 12.0 Å². The molecule has 0 fully saturated rings. The highest BCUT2D eigenvalue weighted by Gasteiger charge is 2.20. The van der Waals surface area contributed by atoms with Crippen LogP contribution in [0.5, 0.6) is 5.75 Å². The number of para-hydroxylation sites is 1. The predicted molar refractivity (Wildman–Crippen MR) is 93.3 cm³/mol. The quantitative estimate of drug-likeness (QED) is 0.346. The van der Waals surface area contributed by atoms with Gasteiger partial charge in [0.1, 0.15) is 5.75 Å². The Hall–Kier alpha value is -2.92. The van der Waals surface area contributed by atoms with E-state index in [1.807, 2.05) is 6.07 Å². The Bertz CT molecular complexity index is 752. The van der Waals surface area contributed by atoms with Gasteiger partial charge in [0.25, 0.3) is 0 Å². The molecule has 0 saturated heterocycles. The first kappa shape index (κ1) is 18.4. The molecule has 0 bridgehead atoms. The fraction of sp³-hybridized carbons (Fsp3) is 0.200. The summed E-state index contributed by atoms with van der Waals surface area (Å²) >= 11 is 0. The fourth-order valence-electron chi connectivity index (χ4n) is 2.10. The van der Waals surface area contributed by atoms with Crippen molar-refractivity contribution in [1.82, 2.24) is 0 Å². The zero-order valence-electron chi connectivity index (χ0n) is 14.0. The van der Waals surface area contributed by atoms with E-state index < -0.39 is 18.9 Å². The number of benzene rings is 2. The summed E-state index contributed by atoms with van der Waals surface area (Å²) in [6, 6.07) is 15.6. The Morgan fingerprint density at radius 2 is 1.72 bits per heavy atom. The van der Waals surface area contributed by atoms with Gasteiger partial charge in [-0.05, 0) is 12.1 Å². The average Bonchev–Trinajstić information content (AvgIpc) is 2.67. The van der Waals surface area contributed by atoms with Gasteiger partial charge < -0.3 is 14.6 Å². The van der Waals surface area contributed by atoms with Crippen molar-refractivity contribution in [2.75, 3.05) is 6.61 Å². The molecule has 2 aromatic rings. The lowest BCUT2D eigenvalue weighted by molar-refractivity contribution is -0.159. The van der Waals surface area contributed by atoms with E-state index in [1.54, 1.807) is 55.5 Å². The molecule has 25 heavy (non-hydrogen) atoms. The number of carbonyl (C=O) groups excluding carboxylic acids is 2. The van der Waals surface area contributed by atoms with Gasteiger partial charge in [-0.3, -0.25) is 4.79 Å². The molecule has 0 saturated carbocycles. The molecule has 0 radical (unpaired) electrons. The highest BCUT2D eigenvalue weighted by Crippen LogP contribution is 2.23. The molecular weight excluding hydrogens is 320 g/mol. The van der Waals surface area contributed by atoms with Crippen LogP contribution in [0, 0.1) is 0 Å². The van der Waals surface area contributed by atoms with E-state index >= 15 is 0 Å². The second-order valence-electron chi connectivity index (χ2n) is 5.31. The molecule has 2 rings (SSSR count). The molecule has 2 aromatic carbocycles. The topological polar surface area (TPSA) is 72.8 Å². The van der Waals surface area contributed by atoms with Gasteiger partial charge in [0.15, 0.2) is 5.78 Å². The molecule has 130 valence electrons. The van der Waals surface area contributed by atoms with Gasteiger partial charge in [-0.2, -0.15) is 0 Å². The molecule has 0 heterocycles. The van der Waals surface area contributed by atoms with Crippen LogP contribution < -0.4 is 4.74 Å². The molecule has 5 heteroatoms. The molecule has 0 aliphatic carbocycles. The number of ketones is 1. The van der Waals surface area contributed by atoms with Crippen LogP contribution in [-0.4, -0.2) is 29.8 Å². The number of hydrogen-bond acceptors (Lipinski definition) is 5. The number of carbonyl (C=O) groups is 2. The van der Waals surface area contributed by atoms with Gasteiger partial charge in [0.05, 0.1) is 17.7 Å². The molecule has 0 aliphatic rings. The maximum Gasteiger partial charge on any atom is 0.338 e. The van der Waals surface area contributed by atoms with Crippen molar-refractivity contribution in [1.29, 1.82) is 0 Å². The lowest BCUT2D eigenvalue weighted by atomic mass is 10.0. The van der Waals surface area contributed by atoms with Gasteiger partial charge in [-0.25, -0.2) is 4.79 Å². The van der Waals surface area contributed by atoms with Gasteiger partial charge in [-0.1, -0.05) is 56.0 Å². The monoisotopic (exact) mass is 340 g/mol. The summed E-state index contributed by atoms with van der Waals surface area (Å²) in [5.74, 6) is -0.594. The summed E-state index contributed by atoms with van der Waals surface area (Å²) < 4.78 is 10.9. The van der Waals surface area contributed by atoms with E-state index in [2.05, 4.69) is 6.58 Å². The number of hydrogen-bond donors (Lipinski definition) is 1. The molecule has 0 aliphatic heterocycles. The first-order valence-electron chi connectivity index (χ1n) is 7.91. The van der Waals surface area contributed by atoms with E-state index in [9.17, 15) is 9.59 Å². The van der Waals surface area contributed by atoms with Crippen LogP contribution in [-0.2, 0) is 9.53 Å². The van der Waals surface area contributed by atoms with Gasteiger partial charge in [0.2, 0.25) is 6.29 Å². The third kappa shape index (κ3) is 4.78. The summed E-state index contributed by atoms with van der Waals surface area (Å²) in [4.78, 5) is 24.4. The Balaban J connectivity index is 2.21. The van der Waals surface area contributed by atoms with Crippen molar-refractivity contribution >= 4 is 11.8 Å². The van der Waals surface area contributed by atoms with Crippen molar-refractivity contribution in [3.05, 3.63) is 77.9 Å². The second kappa shape index (κ2) is 8.80. The lowest BCUT2D eigenvalue weighted by Gasteiger charge is -2.20. The maximum atomic E-state index is 12.7. The number of rotatable bonds is 8. The molecule has 0 aromatic heterocycles. The Labute approximate surface area is 146 Å². The summed E-state index contributed by atoms with van der Waals surface area (Å²) in [5, 5.41) is 8.94. The smallest absolute Gasteiger partial charge is 0.338 e. The van der Waals surface area contributed by atoms with Gasteiger partial charge in [-0.15, -0.1) is 0 Å². The standard InChI is InChI=1S/C20H20O5/c1-3-18(25-20(23)14(2)13-21)24-17-12-8-7-11-16(17)19(22)15-9-5-4-6-10-15/h4-12,18,21H,2-3,13H2,1H3. The largest absolute Gasteiger partial charge is 0.454 e. The molecule has 1 unspecified atom stereocenters. The highest BCUT2D eigenvalue weighted by molar-refractivity contribution is 6.10. The summed E-state index contributed by atoms with van der Waals surface area (Å²) in [6.07, 6.45) is -0.515. The minimum atomic E-state index is -0.888. The van der Waals surface area contributed by atoms with Crippen molar-refractivity contribution in [2.45, 2.75) is 19.6 Å². The molecule has 5 nitrogen and oxygen atoms in total. The van der Waals surface area contributed by atoms with E-state index in [0.717, 1.165) is 0 Å². The first-order chi connectivity index (χ1) is 12.1. The summed E-state index contributed by atoms with van der Waals surface area (Å²) in [6.45, 7) is 4.71. The van der Waals surface area contributed by atoms with E-state index in [0.29, 0.717) is 23.3 Å². The minimum absolute atomic E-state index is 0.0595. The Kier molecular flexibility index (Phi) is 6.48. The Morgan fingerprint density at radius 1 is 1.08 bits per heavy atom. The van der Waals surface area contributed by atoms with Crippen LogP contribution in [0.3, 0.4) is 0 Å². The molecule has 1 N–H and O–H groups in total. The third-order valence-electron chi connectivity index (χ3n) is 3.48. The summed E-state index contributed by atoms with van der Waals surface area (Å²) in [5.41, 5.74) is 0.858. The van der Waals surface area contributed by atoms with Crippen molar-refractivity contribution in [2.24, 2.45) is 0 Å². The van der Waals surface area contributed by atoms with Crippen LogP contribution >= 0.6 is 0 Å². The van der Waals surface area contributed by atoms with E-state index in [-0.39, 0.29) is 11.4 Å². The number of aliphatic hydroxyl groups excluding tert-OH is 1. The number of aliphatic hydroxyl groups is 1. The zero-order chi connectivity index (χ0) is 18.2. The average molecular weight is 340 g/mol. The minimum Gasteiger partial charge on any atom is -0.454 e. The number of ether oxygens (including phenoxy) is 2. The number of esters is 1. The molecule has 0 amide bonds. The van der Waals surface area contributed by atoms with Crippen LogP contribution in [0.25, 0.3) is 0 Å². The lowest BCUT2D eigenvalue weighted by Crippen LogP contribution is -2.25. The SMILES string of the molecule is C=C(CO)C(=O)OC(CC)Oc1ccccc1C(=O)c1ccccc1. The summed E-state index contributed by atoms with van der Waals surface area (Å²) in [7, 11) is 0. The second-order valence-corrected chi connectivity index (χ2v) is 5.31. The maximum absolute atomic E-state index is 12.7. The van der Waals surface area contributed by atoms with Crippen LogP contribution in [0.1, 0.15) is 29.3 Å². The predicted octanol–water partition coefficient (Wildman–Crippen LogP) is 3.12. The molecule has 0 spiro atoms. The van der Waals surface area contributed by atoms with Gasteiger partial charge >= 0.3 is 5.97 Å². The third-order valence-corrected chi connectivity index (χ3v) is 3.48. The zero-order valence-corrected chi connectivity index (χ0v) is 14.0. The normalized spacial score (nSPS) is 11.4. The first-order valence-corrected chi connectivity index (χ1v) is 7.91. The van der Waals surface area contributed by atoms with E-state index in [4.69, 9.17) is 14.6 Å². The van der Waals surface area contributed by atoms with Crippen LogP contribution in [0.15, 0.2) is 66.7 Å². The van der Waals surface area contributed by atoms with Crippen molar-refractivity contribution in [3.63, 3.8) is 0 Å². The fourth-order valence-corrected chi connectivity index (χ4v) is 2.10. The van der Waals surface area contributed by atoms with Crippen molar-refractivity contribution < 1.29 is 24.2 Å². The van der Waals surface area contributed by atoms with Crippen LogP contribution in [0.2, 0.25) is 0 Å². The van der Waals surface area contributed by atoms with E-state index in [1.165, 1.54) is 0 Å². The van der Waals surface area contributed by atoms with Crippen molar-refractivity contribution in [3.8, 4) is 5.75 Å². The molecular formula is C20H20O5. The highest BCUT2D eigenvalue weighted by atomic mass is 16.7. The molecule has 1 atom stereocenters. The van der Waals surface area contributed by atoms with Crippen LogP contribution in [0.4, 0.5) is 0 Å².